The third-order valence-electron chi connectivity index (χ3n) is 2.69. The Balaban J connectivity index is 2.13. The number of non-ortho nitro benzene ring substituents is 1. The smallest absolute Gasteiger partial charge is 0.271 e. The van der Waals surface area contributed by atoms with Crippen molar-refractivity contribution >= 4 is 21.2 Å². The van der Waals surface area contributed by atoms with Gasteiger partial charge in [-0.2, -0.15) is 0 Å². The predicted octanol–water partition coefficient (Wildman–Crippen LogP) is 0.743. The number of sulfone groups is 1. The van der Waals surface area contributed by atoms with Crippen LogP contribution in [0.4, 0.5) is 11.4 Å². The number of rotatable bonds is 3. The van der Waals surface area contributed by atoms with E-state index in [1.54, 1.807) is 0 Å². The van der Waals surface area contributed by atoms with E-state index in [1.807, 2.05) is 0 Å². The zero-order valence-electron chi connectivity index (χ0n) is 9.40. The van der Waals surface area contributed by atoms with E-state index in [0.29, 0.717) is 6.42 Å². The first-order valence-corrected chi connectivity index (χ1v) is 7.10. The number of ether oxygens (including phenoxy) is 1. The summed E-state index contributed by atoms with van der Waals surface area (Å²) in [5.41, 5.74) is 5.63. The van der Waals surface area contributed by atoms with E-state index >= 15 is 0 Å². The highest BCUT2D eigenvalue weighted by Crippen LogP contribution is 2.29. The molecule has 0 amide bonds. The van der Waals surface area contributed by atoms with Crippen LogP contribution in [-0.4, -0.2) is 31.0 Å². The van der Waals surface area contributed by atoms with Gasteiger partial charge in [-0.3, -0.25) is 10.1 Å². The molecule has 18 heavy (non-hydrogen) atoms. The summed E-state index contributed by atoms with van der Waals surface area (Å²) in [6.07, 6.45) is -0.0163. The van der Waals surface area contributed by atoms with Gasteiger partial charge in [-0.1, -0.05) is 0 Å². The topological polar surface area (TPSA) is 113 Å². The minimum atomic E-state index is -3.02. The van der Waals surface area contributed by atoms with Crippen LogP contribution in [0, 0.1) is 10.1 Å². The van der Waals surface area contributed by atoms with Crippen molar-refractivity contribution in [3.8, 4) is 5.75 Å². The molecule has 7 nitrogen and oxygen atoms in total. The molecule has 98 valence electrons. The van der Waals surface area contributed by atoms with Crippen LogP contribution in [0.3, 0.4) is 0 Å². The maximum Gasteiger partial charge on any atom is 0.271 e. The largest absolute Gasteiger partial charge is 0.487 e. The molecule has 0 radical (unpaired) electrons. The Morgan fingerprint density at radius 2 is 2.17 bits per heavy atom. The van der Waals surface area contributed by atoms with Gasteiger partial charge in [0, 0.05) is 12.1 Å². The average molecular weight is 272 g/mol. The second-order valence-corrected chi connectivity index (χ2v) is 6.35. The molecule has 1 fully saturated rings. The summed E-state index contributed by atoms with van der Waals surface area (Å²) in [6, 6.07) is 3.85. The lowest BCUT2D eigenvalue weighted by Crippen LogP contribution is -2.18. The number of nitrogens with two attached hydrogens (primary N) is 1. The lowest BCUT2D eigenvalue weighted by atomic mass is 10.2. The molecular weight excluding hydrogens is 260 g/mol. The maximum absolute atomic E-state index is 11.3. The number of benzene rings is 1. The molecule has 0 aromatic heterocycles. The van der Waals surface area contributed by atoms with E-state index in [4.69, 9.17) is 10.5 Å². The molecule has 0 bridgehead atoms. The van der Waals surface area contributed by atoms with Crippen molar-refractivity contribution in [1.82, 2.24) is 0 Å². The molecule has 1 atom stereocenters. The van der Waals surface area contributed by atoms with Gasteiger partial charge < -0.3 is 10.5 Å². The average Bonchev–Trinajstić information content (AvgIpc) is 2.61. The summed E-state index contributed by atoms with van der Waals surface area (Å²) in [4.78, 5) is 9.97. The Morgan fingerprint density at radius 3 is 2.67 bits per heavy atom. The highest BCUT2D eigenvalue weighted by molar-refractivity contribution is 7.91. The fourth-order valence-electron chi connectivity index (χ4n) is 1.79. The molecule has 8 heteroatoms. The second kappa shape index (κ2) is 4.45. The molecule has 1 aromatic carbocycles. The summed E-state index contributed by atoms with van der Waals surface area (Å²) in [7, 11) is -3.02. The summed E-state index contributed by atoms with van der Waals surface area (Å²) in [5, 5.41) is 10.5. The molecule has 1 aliphatic heterocycles. The Hall–Kier alpha value is -1.83. The number of hydrogen-bond donors (Lipinski definition) is 1. The van der Waals surface area contributed by atoms with Crippen molar-refractivity contribution in [3.05, 3.63) is 28.3 Å². The Bertz CT molecular complexity index is 584. The molecule has 0 aliphatic carbocycles. The fourth-order valence-corrected chi connectivity index (χ4v) is 3.38. The number of hydrogen-bond acceptors (Lipinski definition) is 6. The van der Waals surface area contributed by atoms with Crippen LogP contribution in [-0.2, 0) is 9.84 Å². The third kappa shape index (κ3) is 2.70. The van der Waals surface area contributed by atoms with Crippen molar-refractivity contribution in [2.75, 3.05) is 17.2 Å². The Kier molecular flexibility index (Phi) is 3.12. The highest BCUT2D eigenvalue weighted by atomic mass is 32.2. The third-order valence-corrected chi connectivity index (χ3v) is 4.43. The molecule has 1 saturated heterocycles. The monoisotopic (exact) mass is 272 g/mol. The summed E-state index contributed by atoms with van der Waals surface area (Å²) >= 11 is 0. The standard InChI is InChI=1S/C10H12N2O5S/c11-9-5-7(12(13)14)1-2-10(9)17-8-3-4-18(15,16)6-8/h1-2,5,8H,3-4,6,11H2. The molecule has 1 aliphatic rings. The van der Waals surface area contributed by atoms with Gasteiger partial charge in [-0.05, 0) is 12.5 Å². The van der Waals surface area contributed by atoms with Crippen molar-refractivity contribution < 1.29 is 18.1 Å². The molecule has 1 unspecified atom stereocenters. The minimum Gasteiger partial charge on any atom is -0.487 e. The molecule has 0 saturated carbocycles. The number of nitrogens with zero attached hydrogens (tertiary/aromatic N) is 1. The van der Waals surface area contributed by atoms with Gasteiger partial charge >= 0.3 is 0 Å². The first kappa shape index (κ1) is 12.6. The van der Waals surface area contributed by atoms with Crippen molar-refractivity contribution in [1.29, 1.82) is 0 Å². The zero-order valence-corrected chi connectivity index (χ0v) is 10.2. The van der Waals surface area contributed by atoms with E-state index in [2.05, 4.69) is 0 Å². The Labute approximate surface area is 104 Å². The van der Waals surface area contributed by atoms with Crippen LogP contribution >= 0.6 is 0 Å². The summed E-state index contributed by atoms with van der Waals surface area (Å²) in [6.45, 7) is 0. The van der Waals surface area contributed by atoms with Gasteiger partial charge in [0.25, 0.3) is 5.69 Å². The molecule has 2 rings (SSSR count). The van der Waals surface area contributed by atoms with Crippen LogP contribution in [0.5, 0.6) is 5.75 Å². The van der Waals surface area contributed by atoms with Crippen molar-refractivity contribution in [2.45, 2.75) is 12.5 Å². The first-order valence-electron chi connectivity index (χ1n) is 5.28. The van der Waals surface area contributed by atoms with E-state index in [9.17, 15) is 18.5 Å². The number of nitro benzene ring substituents is 1. The lowest BCUT2D eigenvalue weighted by Gasteiger charge is -2.13. The fraction of sp³-hybridized carbons (Fsp3) is 0.400. The predicted molar refractivity (Wildman–Crippen MR) is 65.2 cm³/mol. The minimum absolute atomic E-state index is 0.0383. The van der Waals surface area contributed by atoms with Crippen LogP contribution in [0.15, 0.2) is 18.2 Å². The molecule has 2 N–H and O–H groups in total. The van der Waals surface area contributed by atoms with Crippen LogP contribution in [0.2, 0.25) is 0 Å². The van der Waals surface area contributed by atoms with E-state index in [1.165, 1.54) is 18.2 Å². The van der Waals surface area contributed by atoms with Gasteiger partial charge in [0.1, 0.15) is 11.9 Å². The van der Waals surface area contributed by atoms with Gasteiger partial charge in [0.05, 0.1) is 22.1 Å². The summed E-state index contributed by atoms with van der Waals surface area (Å²) < 4.78 is 28.0. The van der Waals surface area contributed by atoms with Gasteiger partial charge in [-0.25, -0.2) is 8.42 Å². The van der Waals surface area contributed by atoms with Crippen LogP contribution < -0.4 is 10.5 Å². The molecule has 0 spiro atoms. The van der Waals surface area contributed by atoms with Crippen LogP contribution in [0.25, 0.3) is 0 Å². The van der Waals surface area contributed by atoms with Crippen molar-refractivity contribution in [3.63, 3.8) is 0 Å². The van der Waals surface area contributed by atoms with E-state index < -0.39 is 20.9 Å². The second-order valence-electron chi connectivity index (χ2n) is 4.12. The van der Waals surface area contributed by atoms with Gasteiger partial charge in [0.15, 0.2) is 9.84 Å². The normalized spacial score (nSPS) is 21.7. The molecular formula is C10H12N2O5S. The lowest BCUT2D eigenvalue weighted by molar-refractivity contribution is -0.384. The van der Waals surface area contributed by atoms with Crippen LogP contribution in [0.1, 0.15) is 6.42 Å². The number of anilines is 1. The SMILES string of the molecule is Nc1cc([N+](=O)[O-])ccc1OC1CCS(=O)(=O)C1. The maximum atomic E-state index is 11.3. The highest BCUT2D eigenvalue weighted by Gasteiger charge is 2.29. The van der Waals surface area contributed by atoms with Gasteiger partial charge in [0.2, 0.25) is 0 Å². The first-order chi connectivity index (χ1) is 8.37. The van der Waals surface area contributed by atoms with Gasteiger partial charge in [-0.15, -0.1) is 0 Å². The van der Waals surface area contributed by atoms with E-state index in [0.717, 1.165) is 0 Å². The quantitative estimate of drug-likeness (QED) is 0.493. The molecule has 1 aromatic rings. The molecule has 1 heterocycles. The van der Waals surface area contributed by atoms with E-state index in [-0.39, 0.29) is 28.6 Å². The number of nitrogen functional groups attached to an aromatic ring is 1. The Morgan fingerprint density at radius 1 is 1.44 bits per heavy atom. The summed E-state index contributed by atoms with van der Waals surface area (Å²) in [5.74, 6) is 0.344. The zero-order chi connectivity index (χ0) is 13.3. The number of nitro groups is 1. The van der Waals surface area contributed by atoms with Crippen molar-refractivity contribution in [2.24, 2.45) is 0 Å².